The van der Waals surface area contributed by atoms with Crippen molar-refractivity contribution < 1.29 is 14.2 Å². The Kier molecular flexibility index (Phi) is 5.10. The second kappa shape index (κ2) is 6.82. The molecule has 2 aromatic rings. The van der Waals surface area contributed by atoms with Crippen LogP contribution < -0.4 is 4.74 Å². The van der Waals surface area contributed by atoms with E-state index in [0.717, 1.165) is 5.56 Å². The van der Waals surface area contributed by atoms with E-state index in [1.54, 1.807) is 6.07 Å². The molecule has 1 N–H and O–H groups in total. The molecular weight excluding hydrogens is 302 g/mol. The standard InChI is InChI=1S/C15H13Cl2FO2/c16-13-8-12(19)9-14(17)15(13)20-6-2-4-10-3-1-5-11(18)7-10/h1,3,5,7-9,19H,2,4,6H2. The molecule has 0 aliphatic heterocycles. The maximum absolute atomic E-state index is 13.0. The fourth-order valence-electron chi connectivity index (χ4n) is 1.83. The van der Waals surface area contributed by atoms with E-state index in [1.165, 1.54) is 24.3 Å². The molecule has 0 atom stereocenters. The number of aromatic hydroxyl groups is 1. The van der Waals surface area contributed by atoms with Gasteiger partial charge in [0.25, 0.3) is 0 Å². The van der Waals surface area contributed by atoms with Gasteiger partial charge >= 0.3 is 0 Å². The zero-order chi connectivity index (χ0) is 14.5. The van der Waals surface area contributed by atoms with E-state index in [1.807, 2.05) is 6.07 Å². The van der Waals surface area contributed by atoms with Crippen molar-refractivity contribution in [3.63, 3.8) is 0 Å². The Morgan fingerprint density at radius 3 is 2.45 bits per heavy atom. The lowest BCUT2D eigenvalue weighted by molar-refractivity contribution is 0.311. The molecule has 2 nitrogen and oxygen atoms in total. The lowest BCUT2D eigenvalue weighted by atomic mass is 10.1. The average Bonchev–Trinajstić information content (AvgIpc) is 2.36. The number of phenolic OH excluding ortho intramolecular Hbond substituents is 1. The second-order valence-electron chi connectivity index (χ2n) is 4.32. The van der Waals surface area contributed by atoms with E-state index in [4.69, 9.17) is 27.9 Å². The van der Waals surface area contributed by atoms with Crippen molar-refractivity contribution in [2.24, 2.45) is 0 Å². The SMILES string of the molecule is Oc1cc(Cl)c(OCCCc2cccc(F)c2)c(Cl)c1. The molecule has 2 rings (SSSR count). The van der Waals surface area contributed by atoms with Crippen LogP contribution in [0, 0.1) is 5.82 Å². The van der Waals surface area contributed by atoms with Crippen molar-refractivity contribution in [2.45, 2.75) is 12.8 Å². The zero-order valence-corrected chi connectivity index (χ0v) is 12.1. The summed E-state index contributed by atoms with van der Waals surface area (Å²) in [5.74, 6) is 0.102. The van der Waals surface area contributed by atoms with Gasteiger partial charge in [0.05, 0.1) is 16.7 Å². The Morgan fingerprint density at radius 1 is 1.10 bits per heavy atom. The molecule has 0 spiro atoms. The zero-order valence-electron chi connectivity index (χ0n) is 10.6. The summed E-state index contributed by atoms with van der Waals surface area (Å²) < 4.78 is 18.5. The fourth-order valence-corrected chi connectivity index (χ4v) is 2.41. The van der Waals surface area contributed by atoms with E-state index in [0.29, 0.717) is 25.2 Å². The van der Waals surface area contributed by atoms with Crippen LogP contribution >= 0.6 is 23.2 Å². The fraction of sp³-hybridized carbons (Fsp3) is 0.200. The Labute approximate surface area is 126 Å². The van der Waals surface area contributed by atoms with Gasteiger partial charge in [-0.3, -0.25) is 0 Å². The summed E-state index contributed by atoms with van der Waals surface area (Å²) in [4.78, 5) is 0. The Hall–Kier alpha value is -1.45. The molecule has 0 aromatic heterocycles. The predicted octanol–water partition coefficient (Wildman–Crippen LogP) is 4.85. The number of halogens is 3. The number of aryl methyl sites for hydroxylation is 1. The summed E-state index contributed by atoms with van der Waals surface area (Å²) >= 11 is 11.9. The first-order valence-electron chi connectivity index (χ1n) is 6.11. The number of hydrogen-bond acceptors (Lipinski definition) is 2. The third kappa shape index (κ3) is 4.02. The molecule has 0 aliphatic carbocycles. The Balaban J connectivity index is 1.88. The smallest absolute Gasteiger partial charge is 0.156 e. The number of phenols is 1. The van der Waals surface area contributed by atoms with Gasteiger partial charge in [-0.05, 0) is 30.5 Å². The largest absolute Gasteiger partial charge is 0.508 e. The number of benzene rings is 2. The summed E-state index contributed by atoms with van der Waals surface area (Å²) in [5.41, 5.74) is 0.913. The first-order valence-corrected chi connectivity index (χ1v) is 6.87. The second-order valence-corrected chi connectivity index (χ2v) is 5.13. The van der Waals surface area contributed by atoms with Gasteiger partial charge in [0.2, 0.25) is 0 Å². The third-order valence-electron chi connectivity index (χ3n) is 2.73. The van der Waals surface area contributed by atoms with Crippen LogP contribution in [-0.4, -0.2) is 11.7 Å². The molecule has 0 unspecified atom stereocenters. The van der Waals surface area contributed by atoms with Crippen LogP contribution in [-0.2, 0) is 6.42 Å². The molecular formula is C15H13Cl2FO2. The van der Waals surface area contributed by atoms with E-state index >= 15 is 0 Å². The van der Waals surface area contributed by atoms with Gasteiger partial charge in [0.1, 0.15) is 11.6 Å². The molecule has 2 aromatic carbocycles. The van der Waals surface area contributed by atoms with Gasteiger partial charge in [0, 0.05) is 12.1 Å². The molecule has 106 valence electrons. The molecule has 0 aliphatic rings. The monoisotopic (exact) mass is 314 g/mol. The molecule has 5 heteroatoms. The van der Waals surface area contributed by atoms with E-state index in [-0.39, 0.29) is 21.6 Å². The maximum atomic E-state index is 13.0. The van der Waals surface area contributed by atoms with Crippen molar-refractivity contribution in [1.82, 2.24) is 0 Å². The van der Waals surface area contributed by atoms with Gasteiger partial charge < -0.3 is 9.84 Å². The van der Waals surface area contributed by atoms with Gasteiger partial charge in [0.15, 0.2) is 5.75 Å². The lowest BCUT2D eigenvalue weighted by Gasteiger charge is -2.10. The minimum absolute atomic E-state index is 0.00730. The van der Waals surface area contributed by atoms with Crippen molar-refractivity contribution in [2.75, 3.05) is 6.61 Å². The van der Waals surface area contributed by atoms with Crippen LogP contribution in [0.1, 0.15) is 12.0 Å². The van der Waals surface area contributed by atoms with Gasteiger partial charge in [-0.25, -0.2) is 4.39 Å². The highest BCUT2D eigenvalue weighted by Crippen LogP contribution is 2.36. The van der Waals surface area contributed by atoms with Gasteiger partial charge in [-0.15, -0.1) is 0 Å². The minimum Gasteiger partial charge on any atom is -0.508 e. The maximum Gasteiger partial charge on any atom is 0.156 e. The van der Waals surface area contributed by atoms with Crippen molar-refractivity contribution in [3.05, 3.63) is 57.8 Å². The van der Waals surface area contributed by atoms with E-state index < -0.39 is 0 Å². The molecule has 0 bridgehead atoms. The van der Waals surface area contributed by atoms with Crippen LogP contribution in [0.25, 0.3) is 0 Å². The summed E-state index contributed by atoms with van der Waals surface area (Å²) in [7, 11) is 0. The van der Waals surface area contributed by atoms with Gasteiger partial charge in [-0.2, -0.15) is 0 Å². The minimum atomic E-state index is -0.243. The van der Waals surface area contributed by atoms with Crippen molar-refractivity contribution in [1.29, 1.82) is 0 Å². The number of hydrogen-bond donors (Lipinski definition) is 1. The molecule has 0 fully saturated rings. The van der Waals surface area contributed by atoms with Crippen LogP contribution in [0.3, 0.4) is 0 Å². The predicted molar refractivity (Wildman–Crippen MR) is 78.3 cm³/mol. The van der Waals surface area contributed by atoms with Gasteiger partial charge in [-0.1, -0.05) is 35.3 Å². The Bertz CT molecular complexity index is 579. The molecule has 0 radical (unpaired) electrons. The highest BCUT2D eigenvalue weighted by molar-refractivity contribution is 6.37. The topological polar surface area (TPSA) is 29.5 Å². The molecule has 0 amide bonds. The quantitative estimate of drug-likeness (QED) is 0.799. The van der Waals surface area contributed by atoms with Crippen LogP contribution in [0.4, 0.5) is 4.39 Å². The van der Waals surface area contributed by atoms with Crippen molar-refractivity contribution >= 4 is 23.2 Å². The first kappa shape index (κ1) is 14.9. The summed E-state index contributed by atoms with van der Waals surface area (Å²) in [5, 5.41) is 9.83. The molecule has 0 heterocycles. The van der Waals surface area contributed by atoms with Crippen LogP contribution in [0.2, 0.25) is 10.0 Å². The van der Waals surface area contributed by atoms with Crippen LogP contribution in [0.5, 0.6) is 11.5 Å². The summed E-state index contributed by atoms with van der Waals surface area (Å²) in [6.07, 6.45) is 1.40. The number of rotatable bonds is 5. The molecule has 0 saturated carbocycles. The lowest BCUT2D eigenvalue weighted by Crippen LogP contribution is -2.00. The van der Waals surface area contributed by atoms with Crippen molar-refractivity contribution in [3.8, 4) is 11.5 Å². The summed E-state index contributed by atoms with van der Waals surface area (Å²) in [6.45, 7) is 0.404. The average molecular weight is 315 g/mol. The molecule has 0 saturated heterocycles. The third-order valence-corrected chi connectivity index (χ3v) is 3.29. The Morgan fingerprint density at radius 2 is 1.80 bits per heavy atom. The first-order chi connectivity index (χ1) is 9.56. The molecule has 20 heavy (non-hydrogen) atoms. The van der Waals surface area contributed by atoms with Crippen LogP contribution in [0.15, 0.2) is 36.4 Å². The normalized spacial score (nSPS) is 10.6. The highest BCUT2D eigenvalue weighted by atomic mass is 35.5. The van der Waals surface area contributed by atoms with E-state index in [2.05, 4.69) is 0 Å². The van der Waals surface area contributed by atoms with E-state index in [9.17, 15) is 9.50 Å². The highest BCUT2D eigenvalue weighted by Gasteiger charge is 2.09. The number of ether oxygens (including phenoxy) is 1. The summed E-state index contributed by atoms with van der Waals surface area (Å²) in [6, 6.07) is 9.20.